The lowest BCUT2D eigenvalue weighted by Gasteiger charge is -2.15. The molecule has 0 saturated heterocycles. The van der Waals surface area contributed by atoms with Crippen LogP contribution in [0.3, 0.4) is 0 Å². The molecule has 0 aliphatic heterocycles. The number of benzene rings is 3. The Balaban J connectivity index is 1.61. The second-order valence-electron chi connectivity index (χ2n) is 6.87. The molecule has 0 spiro atoms. The predicted molar refractivity (Wildman–Crippen MR) is 123 cm³/mol. The van der Waals surface area contributed by atoms with Crippen LogP contribution in [-0.4, -0.2) is 17.1 Å². The van der Waals surface area contributed by atoms with Gasteiger partial charge < -0.3 is 14.8 Å². The highest BCUT2D eigenvalue weighted by atomic mass is 32.1. The number of hydrogen-bond donors (Lipinski definition) is 2. The molecule has 0 fully saturated rings. The van der Waals surface area contributed by atoms with Crippen molar-refractivity contribution in [2.45, 2.75) is 26.6 Å². The first-order valence-electron chi connectivity index (χ1n) is 9.66. The minimum absolute atomic E-state index is 0.0263. The number of thiocarbonyl (C=S) groups is 1. The van der Waals surface area contributed by atoms with Gasteiger partial charge in [0.1, 0.15) is 18.1 Å². The standard InChI is InChI=1S/C24H24N2O3S/c1-17(2)29-20-12-8-11-19(15-20)23(27)26-24(30)25-21-13-6-7-14-22(21)28-16-18-9-4-3-5-10-18/h3-15,17H,16H2,1-2H3,(H2,25,26,27,30). The molecule has 30 heavy (non-hydrogen) atoms. The van der Waals surface area contributed by atoms with Gasteiger partial charge in [0.2, 0.25) is 0 Å². The summed E-state index contributed by atoms with van der Waals surface area (Å²) in [5.41, 5.74) is 2.20. The average Bonchev–Trinajstić information content (AvgIpc) is 2.73. The molecule has 0 unspecified atom stereocenters. The fraction of sp³-hybridized carbons (Fsp3) is 0.167. The largest absolute Gasteiger partial charge is 0.491 e. The Kier molecular flexibility index (Phi) is 7.40. The monoisotopic (exact) mass is 420 g/mol. The van der Waals surface area contributed by atoms with Crippen LogP contribution in [0.4, 0.5) is 5.69 Å². The third-order valence-corrected chi connectivity index (χ3v) is 4.27. The fourth-order valence-electron chi connectivity index (χ4n) is 2.74. The molecule has 154 valence electrons. The highest BCUT2D eigenvalue weighted by Crippen LogP contribution is 2.24. The van der Waals surface area contributed by atoms with Gasteiger partial charge in [-0.15, -0.1) is 0 Å². The van der Waals surface area contributed by atoms with Gasteiger partial charge in [-0.2, -0.15) is 0 Å². The first-order valence-corrected chi connectivity index (χ1v) is 10.1. The molecule has 0 atom stereocenters. The van der Waals surface area contributed by atoms with E-state index in [0.29, 0.717) is 29.4 Å². The van der Waals surface area contributed by atoms with Crippen LogP contribution in [0.15, 0.2) is 78.9 Å². The number of hydrogen-bond acceptors (Lipinski definition) is 4. The van der Waals surface area contributed by atoms with Gasteiger partial charge >= 0.3 is 0 Å². The lowest BCUT2D eigenvalue weighted by molar-refractivity contribution is 0.0977. The second kappa shape index (κ2) is 10.4. The fourth-order valence-corrected chi connectivity index (χ4v) is 2.95. The first kappa shape index (κ1) is 21.3. The number of carbonyl (C=O) groups excluding carboxylic acids is 1. The van der Waals surface area contributed by atoms with Gasteiger partial charge in [0.25, 0.3) is 5.91 Å². The van der Waals surface area contributed by atoms with Crippen LogP contribution >= 0.6 is 12.2 Å². The summed E-state index contributed by atoms with van der Waals surface area (Å²) >= 11 is 5.32. The van der Waals surface area contributed by atoms with E-state index in [-0.39, 0.29) is 17.1 Å². The summed E-state index contributed by atoms with van der Waals surface area (Å²) in [4.78, 5) is 12.6. The Hall–Kier alpha value is -3.38. The van der Waals surface area contributed by atoms with Crippen molar-refractivity contribution < 1.29 is 14.3 Å². The summed E-state index contributed by atoms with van der Waals surface area (Å²) in [7, 11) is 0. The Morgan fingerprint density at radius 2 is 1.70 bits per heavy atom. The Bertz CT molecular complexity index is 1010. The van der Waals surface area contributed by atoms with Crippen molar-refractivity contribution in [1.82, 2.24) is 5.32 Å². The third kappa shape index (κ3) is 6.32. The maximum absolute atomic E-state index is 12.6. The first-order chi connectivity index (χ1) is 14.5. The molecule has 0 saturated carbocycles. The van der Waals surface area contributed by atoms with Crippen LogP contribution in [0.25, 0.3) is 0 Å². The lowest BCUT2D eigenvalue weighted by Crippen LogP contribution is -2.34. The van der Waals surface area contributed by atoms with Gasteiger partial charge in [0, 0.05) is 5.56 Å². The Morgan fingerprint density at radius 3 is 2.47 bits per heavy atom. The maximum atomic E-state index is 12.6. The second-order valence-corrected chi connectivity index (χ2v) is 7.28. The summed E-state index contributed by atoms with van der Waals surface area (Å²) in [6.45, 7) is 4.30. The molecular formula is C24H24N2O3S. The number of amides is 1. The number of anilines is 1. The van der Waals surface area contributed by atoms with E-state index in [1.165, 1.54) is 0 Å². The number of carbonyl (C=O) groups is 1. The minimum atomic E-state index is -0.315. The zero-order chi connectivity index (χ0) is 21.3. The van der Waals surface area contributed by atoms with Crippen LogP contribution < -0.4 is 20.1 Å². The smallest absolute Gasteiger partial charge is 0.257 e. The Labute approximate surface area is 182 Å². The molecule has 0 aliphatic carbocycles. The average molecular weight is 421 g/mol. The van der Waals surface area contributed by atoms with Gasteiger partial charge in [-0.05, 0) is 62.0 Å². The van der Waals surface area contributed by atoms with Crippen molar-refractivity contribution in [3.8, 4) is 11.5 Å². The molecule has 2 N–H and O–H groups in total. The molecule has 1 amide bonds. The number of nitrogens with one attached hydrogen (secondary N) is 2. The lowest BCUT2D eigenvalue weighted by atomic mass is 10.2. The van der Waals surface area contributed by atoms with E-state index < -0.39 is 0 Å². The van der Waals surface area contributed by atoms with Crippen molar-refractivity contribution in [1.29, 1.82) is 0 Å². The molecule has 0 radical (unpaired) electrons. The molecule has 0 aromatic heterocycles. The maximum Gasteiger partial charge on any atom is 0.257 e. The van der Waals surface area contributed by atoms with Gasteiger partial charge in [-0.3, -0.25) is 10.1 Å². The van der Waals surface area contributed by atoms with E-state index in [9.17, 15) is 4.79 Å². The molecule has 0 heterocycles. The summed E-state index contributed by atoms with van der Waals surface area (Å²) in [5.74, 6) is 0.964. The molecular weight excluding hydrogens is 396 g/mol. The zero-order valence-corrected chi connectivity index (χ0v) is 17.7. The van der Waals surface area contributed by atoms with Gasteiger partial charge in [0.05, 0.1) is 11.8 Å². The van der Waals surface area contributed by atoms with E-state index in [0.717, 1.165) is 5.56 Å². The molecule has 3 aromatic carbocycles. The van der Waals surface area contributed by atoms with Crippen LogP contribution in [0.1, 0.15) is 29.8 Å². The van der Waals surface area contributed by atoms with E-state index in [1.54, 1.807) is 18.2 Å². The van der Waals surface area contributed by atoms with Crippen molar-refractivity contribution in [3.05, 3.63) is 90.0 Å². The van der Waals surface area contributed by atoms with Crippen LogP contribution in [0.2, 0.25) is 0 Å². The molecule has 0 aliphatic rings. The van der Waals surface area contributed by atoms with Crippen molar-refractivity contribution >= 4 is 28.9 Å². The normalized spacial score (nSPS) is 10.4. The van der Waals surface area contributed by atoms with Gasteiger partial charge in [0.15, 0.2) is 5.11 Å². The summed E-state index contributed by atoms with van der Waals surface area (Å²) in [5, 5.41) is 5.92. The SMILES string of the molecule is CC(C)Oc1cccc(C(=O)NC(=S)Nc2ccccc2OCc2ccccc2)c1. The van der Waals surface area contributed by atoms with Crippen molar-refractivity contribution in [2.75, 3.05) is 5.32 Å². The van der Waals surface area contributed by atoms with E-state index >= 15 is 0 Å². The highest BCUT2D eigenvalue weighted by molar-refractivity contribution is 7.80. The highest BCUT2D eigenvalue weighted by Gasteiger charge is 2.11. The number of para-hydroxylation sites is 2. The van der Waals surface area contributed by atoms with Crippen molar-refractivity contribution in [3.63, 3.8) is 0 Å². The Morgan fingerprint density at radius 1 is 0.967 bits per heavy atom. The zero-order valence-electron chi connectivity index (χ0n) is 16.9. The topological polar surface area (TPSA) is 59.6 Å². The quantitative estimate of drug-likeness (QED) is 0.516. The minimum Gasteiger partial charge on any atom is -0.491 e. The third-order valence-electron chi connectivity index (χ3n) is 4.07. The van der Waals surface area contributed by atoms with E-state index in [4.69, 9.17) is 21.7 Å². The van der Waals surface area contributed by atoms with E-state index in [1.807, 2.05) is 74.5 Å². The van der Waals surface area contributed by atoms with Crippen LogP contribution in [0.5, 0.6) is 11.5 Å². The molecule has 3 aromatic rings. The summed E-state index contributed by atoms with van der Waals surface area (Å²) in [6, 6.07) is 24.3. The molecule has 3 rings (SSSR count). The summed E-state index contributed by atoms with van der Waals surface area (Å²) < 4.78 is 11.6. The van der Waals surface area contributed by atoms with Crippen molar-refractivity contribution in [2.24, 2.45) is 0 Å². The van der Waals surface area contributed by atoms with Gasteiger partial charge in [-0.1, -0.05) is 48.5 Å². The predicted octanol–water partition coefficient (Wildman–Crippen LogP) is 5.18. The van der Waals surface area contributed by atoms with E-state index in [2.05, 4.69) is 10.6 Å². The van der Waals surface area contributed by atoms with Crippen LogP contribution in [-0.2, 0) is 6.61 Å². The molecule has 6 heteroatoms. The molecule has 0 bridgehead atoms. The number of ether oxygens (including phenoxy) is 2. The summed E-state index contributed by atoms with van der Waals surface area (Å²) in [6.07, 6.45) is 0.0263. The number of rotatable bonds is 7. The van der Waals surface area contributed by atoms with Crippen LogP contribution in [0, 0.1) is 0 Å². The van der Waals surface area contributed by atoms with Gasteiger partial charge in [-0.25, -0.2) is 0 Å². The molecule has 5 nitrogen and oxygen atoms in total.